The minimum absolute atomic E-state index is 0.00387. The number of hydrogen-bond acceptors (Lipinski definition) is 4. The molecule has 37 heavy (non-hydrogen) atoms. The van der Waals surface area contributed by atoms with E-state index in [0.717, 1.165) is 34.9 Å². The predicted octanol–water partition coefficient (Wildman–Crippen LogP) is 3.80. The third-order valence-electron chi connectivity index (χ3n) is 6.21. The van der Waals surface area contributed by atoms with Crippen LogP contribution in [-0.4, -0.2) is 52.6 Å². The first-order valence-electron chi connectivity index (χ1n) is 11.6. The Bertz CT molecular complexity index is 1170. The van der Waals surface area contributed by atoms with Crippen LogP contribution in [0.4, 0.5) is 26.3 Å². The van der Waals surface area contributed by atoms with E-state index in [-0.39, 0.29) is 48.4 Å². The Labute approximate surface area is 208 Å². The fraction of sp³-hybridized carbons (Fsp3) is 0.500. The van der Waals surface area contributed by atoms with Crippen LogP contribution in [0.25, 0.3) is 11.3 Å². The Morgan fingerprint density at radius 1 is 1.05 bits per heavy atom. The molecule has 2 amide bonds. The van der Waals surface area contributed by atoms with Gasteiger partial charge in [0.2, 0.25) is 11.8 Å². The number of benzene rings is 1. The number of likely N-dealkylation sites (tertiary alicyclic amines) is 1. The molecule has 0 bridgehead atoms. The third-order valence-corrected chi connectivity index (χ3v) is 6.21. The van der Waals surface area contributed by atoms with E-state index < -0.39 is 48.8 Å². The molecule has 0 saturated carbocycles. The molecule has 0 aliphatic carbocycles. The van der Waals surface area contributed by atoms with Gasteiger partial charge in [-0.2, -0.15) is 26.3 Å². The minimum atomic E-state index is -4.56. The van der Waals surface area contributed by atoms with Gasteiger partial charge in [-0.1, -0.05) is 12.1 Å². The van der Waals surface area contributed by atoms with Crippen molar-refractivity contribution in [3.63, 3.8) is 0 Å². The second-order valence-electron chi connectivity index (χ2n) is 8.80. The second kappa shape index (κ2) is 11.3. The molecule has 0 radical (unpaired) electrons. The van der Waals surface area contributed by atoms with Crippen LogP contribution in [0.1, 0.15) is 37.1 Å². The molecule has 0 spiro atoms. The number of carbonyl (C=O) groups is 2. The molecular weight excluding hydrogens is 506 g/mol. The van der Waals surface area contributed by atoms with Crippen LogP contribution in [0.15, 0.2) is 35.1 Å². The number of nitrogens with zero attached hydrogens (tertiary/aromatic N) is 3. The van der Waals surface area contributed by atoms with Crippen LogP contribution in [0, 0.1) is 5.92 Å². The molecule has 1 aromatic heterocycles. The fourth-order valence-corrected chi connectivity index (χ4v) is 4.17. The van der Waals surface area contributed by atoms with Crippen molar-refractivity contribution in [2.24, 2.45) is 5.92 Å². The highest BCUT2D eigenvalue weighted by Crippen LogP contribution is 2.30. The number of aryl methyl sites for hydroxylation is 1. The van der Waals surface area contributed by atoms with Gasteiger partial charge in [-0.05, 0) is 31.4 Å². The quantitative estimate of drug-likeness (QED) is 0.550. The largest absolute Gasteiger partial charge is 0.416 e. The summed E-state index contributed by atoms with van der Waals surface area (Å²) in [5.74, 6) is -0.878. The molecule has 1 fully saturated rings. The molecule has 1 saturated heterocycles. The van der Waals surface area contributed by atoms with Gasteiger partial charge < -0.3 is 10.2 Å². The van der Waals surface area contributed by atoms with Crippen LogP contribution in [-0.2, 0) is 28.7 Å². The van der Waals surface area contributed by atoms with E-state index in [9.17, 15) is 40.7 Å². The monoisotopic (exact) mass is 532 g/mol. The zero-order valence-electron chi connectivity index (χ0n) is 20.0. The SMILES string of the molecule is CNC(=O)C1CCN(C(=O)Cn2c(CCCC(F)(F)F)nc(-c3ccc(C(F)(F)F)cc3)cc2=O)CC1. The molecule has 1 N–H and O–H groups in total. The molecule has 3 rings (SSSR count). The zero-order valence-corrected chi connectivity index (χ0v) is 20.0. The summed E-state index contributed by atoms with van der Waals surface area (Å²) in [7, 11) is 1.52. The van der Waals surface area contributed by atoms with Crippen molar-refractivity contribution in [1.82, 2.24) is 19.8 Å². The lowest BCUT2D eigenvalue weighted by Crippen LogP contribution is -2.44. The molecule has 13 heteroatoms. The number of nitrogens with one attached hydrogen (secondary N) is 1. The summed E-state index contributed by atoms with van der Waals surface area (Å²) in [6.45, 7) is 0.114. The maximum absolute atomic E-state index is 12.9. The van der Waals surface area contributed by atoms with E-state index in [1.807, 2.05) is 0 Å². The van der Waals surface area contributed by atoms with Gasteiger partial charge in [-0.15, -0.1) is 0 Å². The average Bonchev–Trinajstić information content (AvgIpc) is 2.84. The van der Waals surface area contributed by atoms with Gasteiger partial charge in [0.25, 0.3) is 5.56 Å². The van der Waals surface area contributed by atoms with E-state index in [1.165, 1.54) is 11.9 Å². The Kier molecular flexibility index (Phi) is 8.64. The number of amides is 2. The molecule has 2 aromatic rings. The van der Waals surface area contributed by atoms with Gasteiger partial charge >= 0.3 is 12.4 Å². The molecular formula is C24H26F6N4O3. The normalized spacial score (nSPS) is 15.1. The fourth-order valence-electron chi connectivity index (χ4n) is 4.17. The van der Waals surface area contributed by atoms with Crippen molar-refractivity contribution in [3.8, 4) is 11.3 Å². The van der Waals surface area contributed by atoms with Crippen molar-refractivity contribution in [1.29, 1.82) is 0 Å². The number of hydrogen-bond donors (Lipinski definition) is 1. The Balaban J connectivity index is 1.85. The standard InChI is InChI=1S/C24H26F6N4O3/c1-31-22(37)16-8-11-33(12-9-16)21(36)14-34-19(3-2-10-23(25,26)27)32-18(13-20(34)35)15-4-6-17(7-5-15)24(28,29)30/h4-7,13,16H,2-3,8-12,14H2,1H3,(H,31,37). The summed E-state index contributed by atoms with van der Waals surface area (Å²) < 4.78 is 77.8. The summed E-state index contributed by atoms with van der Waals surface area (Å²) in [5.41, 5.74) is -1.44. The first kappa shape index (κ1) is 28.2. The van der Waals surface area contributed by atoms with Gasteiger partial charge in [0, 0.05) is 50.5 Å². The first-order valence-corrected chi connectivity index (χ1v) is 11.6. The molecule has 7 nitrogen and oxygen atoms in total. The number of alkyl halides is 6. The Hall–Kier alpha value is -3.38. The van der Waals surface area contributed by atoms with Crippen molar-refractivity contribution in [2.45, 2.75) is 51.0 Å². The predicted molar refractivity (Wildman–Crippen MR) is 121 cm³/mol. The molecule has 1 aliphatic rings. The lowest BCUT2D eigenvalue weighted by molar-refractivity contribution is -0.137. The summed E-state index contributed by atoms with van der Waals surface area (Å²) in [4.78, 5) is 43.3. The Morgan fingerprint density at radius 2 is 1.68 bits per heavy atom. The number of rotatable bonds is 7. The van der Waals surface area contributed by atoms with Crippen LogP contribution >= 0.6 is 0 Å². The van der Waals surface area contributed by atoms with Crippen LogP contribution < -0.4 is 10.9 Å². The first-order chi connectivity index (χ1) is 17.3. The number of piperidine rings is 1. The minimum Gasteiger partial charge on any atom is -0.359 e. The highest BCUT2D eigenvalue weighted by molar-refractivity contribution is 5.79. The molecule has 2 heterocycles. The van der Waals surface area contributed by atoms with Crippen molar-refractivity contribution in [2.75, 3.05) is 20.1 Å². The van der Waals surface area contributed by atoms with E-state index >= 15 is 0 Å². The summed E-state index contributed by atoms with van der Waals surface area (Å²) >= 11 is 0. The smallest absolute Gasteiger partial charge is 0.359 e. The molecule has 1 aliphatic heterocycles. The summed E-state index contributed by atoms with van der Waals surface area (Å²) in [5, 5.41) is 2.56. The van der Waals surface area contributed by atoms with Gasteiger partial charge in [0.15, 0.2) is 0 Å². The maximum atomic E-state index is 12.9. The lowest BCUT2D eigenvalue weighted by Gasteiger charge is -2.31. The number of aromatic nitrogens is 2. The molecule has 202 valence electrons. The average molecular weight is 532 g/mol. The van der Waals surface area contributed by atoms with Gasteiger partial charge in [-0.25, -0.2) is 4.98 Å². The summed E-state index contributed by atoms with van der Waals surface area (Å²) in [6, 6.07) is 4.92. The van der Waals surface area contributed by atoms with Crippen LogP contribution in [0.2, 0.25) is 0 Å². The van der Waals surface area contributed by atoms with Crippen molar-refractivity contribution < 1.29 is 35.9 Å². The third kappa shape index (κ3) is 7.56. The van der Waals surface area contributed by atoms with E-state index in [0.29, 0.717) is 12.8 Å². The summed E-state index contributed by atoms with van der Waals surface area (Å²) in [6.07, 6.45) is -9.91. The van der Waals surface area contributed by atoms with E-state index in [2.05, 4.69) is 10.3 Å². The van der Waals surface area contributed by atoms with E-state index in [4.69, 9.17) is 0 Å². The van der Waals surface area contributed by atoms with Crippen molar-refractivity contribution >= 4 is 11.8 Å². The van der Waals surface area contributed by atoms with Gasteiger partial charge in [0.05, 0.1) is 11.3 Å². The maximum Gasteiger partial charge on any atom is 0.416 e. The van der Waals surface area contributed by atoms with Gasteiger partial charge in [-0.3, -0.25) is 19.0 Å². The number of halogens is 6. The van der Waals surface area contributed by atoms with Crippen molar-refractivity contribution in [3.05, 3.63) is 52.1 Å². The number of carbonyl (C=O) groups excluding carboxylic acids is 2. The highest BCUT2D eigenvalue weighted by Gasteiger charge is 2.31. The van der Waals surface area contributed by atoms with Crippen LogP contribution in [0.3, 0.4) is 0 Å². The highest BCUT2D eigenvalue weighted by atomic mass is 19.4. The zero-order chi connectivity index (χ0) is 27.4. The van der Waals surface area contributed by atoms with Gasteiger partial charge in [0.1, 0.15) is 12.4 Å². The van der Waals surface area contributed by atoms with Crippen LogP contribution in [0.5, 0.6) is 0 Å². The molecule has 0 unspecified atom stereocenters. The topological polar surface area (TPSA) is 84.3 Å². The Morgan fingerprint density at radius 3 is 2.22 bits per heavy atom. The lowest BCUT2D eigenvalue weighted by atomic mass is 9.96. The molecule has 0 atom stereocenters. The second-order valence-corrected chi connectivity index (χ2v) is 8.80. The molecule has 1 aromatic carbocycles. The van der Waals surface area contributed by atoms with E-state index in [1.54, 1.807) is 0 Å².